The molecule has 0 aromatic carbocycles. The Hall–Kier alpha value is -2.39. The number of nitrogens with zero attached hydrogens (tertiary/aromatic N) is 3. The molecule has 7 nitrogen and oxygen atoms in total. The van der Waals surface area contributed by atoms with Gasteiger partial charge in [0, 0.05) is 13.6 Å². The van der Waals surface area contributed by atoms with Gasteiger partial charge in [0.1, 0.15) is 17.6 Å². The lowest BCUT2D eigenvalue weighted by atomic mass is 10.1. The third-order valence-corrected chi connectivity index (χ3v) is 2.73. The van der Waals surface area contributed by atoms with Crippen molar-refractivity contribution in [1.29, 1.82) is 0 Å². The van der Waals surface area contributed by atoms with Gasteiger partial charge in [-0.1, -0.05) is 6.92 Å². The van der Waals surface area contributed by atoms with E-state index in [4.69, 9.17) is 5.11 Å². The number of nitro groups is 1. The summed E-state index contributed by atoms with van der Waals surface area (Å²) in [6, 6.07) is 0.534. The normalized spacial score (nSPS) is 12.8. The number of rotatable bonds is 5. The molecule has 1 N–H and O–H groups in total. The number of carboxylic acid groups (broad SMARTS) is 1. The zero-order chi connectivity index (χ0) is 16.4. The van der Waals surface area contributed by atoms with Gasteiger partial charge in [0.15, 0.2) is 0 Å². The minimum atomic E-state index is -4.75. The molecule has 1 heterocycles. The van der Waals surface area contributed by atoms with E-state index in [2.05, 4.69) is 4.98 Å². The van der Waals surface area contributed by atoms with Crippen molar-refractivity contribution in [2.24, 2.45) is 5.92 Å². The standard InChI is InChI=1S/C11H12F3N3O4/c1-6(10(18)19)5-16(2)7-3-9(11(12,13)14)15-4-8(7)17(20)21/h3-4,6H,5H2,1-2H3,(H,18,19). The van der Waals surface area contributed by atoms with E-state index in [1.807, 2.05) is 0 Å². The van der Waals surface area contributed by atoms with E-state index >= 15 is 0 Å². The number of carbonyl (C=O) groups is 1. The maximum absolute atomic E-state index is 12.6. The second-order valence-electron chi connectivity index (χ2n) is 4.43. The van der Waals surface area contributed by atoms with Crippen LogP contribution in [0.4, 0.5) is 24.5 Å². The zero-order valence-electron chi connectivity index (χ0n) is 11.1. The Morgan fingerprint density at radius 1 is 1.57 bits per heavy atom. The van der Waals surface area contributed by atoms with Crippen molar-refractivity contribution in [3.63, 3.8) is 0 Å². The second-order valence-corrected chi connectivity index (χ2v) is 4.43. The summed E-state index contributed by atoms with van der Waals surface area (Å²) >= 11 is 0. The summed E-state index contributed by atoms with van der Waals surface area (Å²) in [6.45, 7) is 1.16. The van der Waals surface area contributed by atoms with Gasteiger partial charge >= 0.3 is 17.8 Å². The van der Waals surface area contributed by atoms with Crippen LogP contribution in [0.2, 0.25) is 0 Å². The smallest absolute Gasteiger partial charge is 0.433 e. The Kier molecular flexibility index (Phi) is 4.71. The SMILES string of the molecule is CC(CN(C)c1cc(C(F)(F)F)ncc1[N+](=O)[O-])C(=O)O. The van der Waals surface area contributed by atoms with Gasteiger partial charge in [-0.05, 0) is 6.07 Å². The topological polar surface area (TPSA) is 96.6 Å². The number of aromatic nitrogens is 1. The quantitative estimate of drug-likeness (QED) is 0.661. The van der Waals surface area contributed by atoms with Crippen molar-refractivity contribution >= 4 is 17.3 Å². The van der Waals surface area contributed by atoms with E-state index in [9.17, 15) is 28.1 Å². The fraction of sp³-hybridized carbons (Fsp3) is 0.455. The van der Waals surface area contributed by atoms with Crippen LogP contribution in [0.15, 0.2) is 12.3 Å². The summed E-state index contributed by atoms with van der Waals surface area (Å²) in [5.41, 5.74) is -2.24. The highest BCUT2D eigenvalue weighted by Crippen LogP contribution is 2.34. The van der Waals surface area contributed by atoms with Crippen LogP contribution in [0.5, 0.6) is 0 Å². The van der Waals surface area contributed by atoms with Crippen LogP contribution in [0, 0.1) is 16.0 Å². The molecule has 0 saturated carbocycles. The van der Waals surface area contributed by atoms with Crippen molar-refractivity contribution in [2.75, 3.05) is 18.5 Å². The number of aliphatic carboxylic acids is 1. The molecule has 21 heavy (non-hydrogen) atoms. The van der Waals surface area contributed by atoms with Crippen LogP contribution in [0.3, 0.4) is 0 Å². The van der Waals surface area contributed by atoms with Gasteiger partial charge < -0.3 is 10.0 Å². The number of hydrogen-bond donors (Lipinski definition) is 1. The molecule has 0 spiro atoms. The highest BCUT2D eigenvalue weighted by atomic mass is 19.4. The molecule has 0 aliphatic heterocycles. The number of hydrogen-bond acceptors (Lipinski definition) is 5. The monoisotopic (exact) mass is 307 g/mol. The molecule has 0 saturated heterocycles. The Bertz CT molecular complexity index is 562. The number of carboxylic acids is 1. The maximum Gasteiger partial charge on any atom is 0.433 e. The lowest BCUT2D eigenvalue weighted by Gasteiger charge is -2.21. The van der Waals surface area contributed by atoms with Crippen molar-refractivity contribution in [1.82, 2.24) is 4.98 Å². The second kappa shape index (κ2) is 5.94. The first-order chi connectivity index (χ1) is 9.54. The summed E-state index contributed by atoms with van der Waals surface area (Å²) in [6.07, 6.45) is -4.23. The number of halogens is 3. The average molecular weight is 307 g/mol. The number of anilines is 1. The van der Waals surface area contributed by atoms with Crippen LogP contribution < -0.4 is 4.90 Å². The highest BCUT2D eigenvalue weighted by molar-refractivity contribution is 5.71. The summed E-state index contributed by atoms with van der Waals surface area (Å²) in [5, 5.41) is 19.6. The summed E-state index contributed by atoms with van der Waals surface area (Å²) in [7, 11) is 1.28. The molecule has 0 bridgehead atoms. The van der Waals surface area contributed by atoms with E-state index in [0.717, 1.165) is 4.90 Å². The van der Waals surface area contributed by atoms with Crippen LogP contribution in [-0.2, 0) is 11.0 Å². The molecule has 0 radical (unpaired) electrons. The Morgan fingerprint density at radius 3 is 2.57 bits per heavy atom. The third kappa shape index (κ3) is 4.04. The highest BCUT2D eigenvalue weighted by Gasteiger charge is 2.35. The fourth-order valence-corrected chi connectivity index (χ4v) is 1.63. The number of pyridine rings is 1. The predicted molar refractivity (Wildman–Crippen MR) is 66.0 cm³/mol. The van der Waals surface area contributed by atoms with Gasteiger partial charge in [-0.3, -0.25) is 14.9 Å². The van der Waals surface area contributed by atoms with Gasteiger partial charge in [-0.2, -0.15) is 13.2 Å². The Labute approximate surface area is 117 Å². The van der Waals surface area contributed by atoms with Crippen LogP contribution in [0.25, 0.3) is 0 Å². The molecule has 0 aliphatic rings. The van der Waals surface area contributed by atoms with Crippen molar-refractivity contribution in [2.45, 2.75) is 13.1 Å². The van der Waals surface area contributed by atoms with Crippen molar-refractivity contribution < 1.29 is 28.0 Å². The Morgan fingerprint density at radius 2 is 2.14 bits per heavy atom. The molecule has 1 aromatic heterocycles. The van der Waals surface area contributed by atoms with Crippen LogP contribution >= 0.6 is 0 Å². The zero-order valence-corrected chi connectivity index (χ0v) is 11.1. The van der Waals surface area contributed by atoms with Crippen molar-refractivity contribution in [3.05, 3.63) is 28.1 Å². The predicted octanol–water partition coefficient (Wildman–Crippen LogP) is 2.17. The lowest BCUT2D eigenvalue weighted by molar-refractivity contribution is -0.384. The molecule has 1 aromatic rings. The van der Waals surface area contributed by atoms with E-state index in [1.165, 1.54) is 14.0 Å². The summed E-state index contributed by atoms with van der Waals surface area (Å²) in [4.78, 5) is 24.8. The summed E-state index contributed by atoms with van der Waals surface area (Å²) < 4.78 is 37.8. The molecule has 0 aliphatic carbocycles. The minimum absolute atomic E-state index is 0.183. The molecular formula is C11H12F3N3O4. The molecule has 10 heteroatoms. The van der Waals surface area contributed by atoms with Gasteiger partial charge in [0.05, 0.1) is 10.8 Å². The van der Waals surface area contributed by atoms with Gasteiger partial charge in [-0.15, -0.1) is 0 Å². The third-order valence-electron chi connectivity index (χ3n) is 2.73. The minimum Gasteiger partial charge on any atom is -0.481 e. The first-order valence-electron chi connectivity index (χ1n) is 5.69. The maximum atomic E-state index is 12.6. The van der Waals surface area contributed by atoms with Crippen molar-refractivity contribution in [3.8, 4) is 0 Å². The molecule has 0 fully saturated rings. The van der Waals surface area contributed by atoms with E-state index < -0.39 is 34.4 Å². The lowest BCUT2D eigenvalue weighted by Crippen LogP contribution is -2.29. The van der Waals surface area contributed by atoms with E-state index in [1.54, 1.807) is 0 Å². The molecule has 116 valence electrons. The summed E-state index contributed by atoms with van der Waals surface area (Å²) in [5.74, 6) is -2.06. The molecule has 1 atom stereocenters. The Balaban J connectivity index is 3.23. The number of alkyl halides is 3. The molecule has 0 amide bonds. The molecule has 1 rings (SSSR count). The van der Waals surface area contributed by atoms with Gasteiger partial charge in [-0.25, -0.2) is 4.98 Å². The first-order valence-corrected chi connectivity index (χ1v) is 5.69. The first kappa shape index (κ1) is 16.7. The van der Waals surface area contributed by atoms with Crippen LogP contribution in [0.1, 0.15) is 12.6 Å². The van der Waals surface area contributed by atoms with Gasteiger partial charge in [0.25, 0.3) is 0 Å². The molecular weight excluding hydrogens is 295 g/mol. The largest absolute Gasteiger partial charge is 0.481 e. The van der Waals surface area contributed by atoms with Gasteiger partial charge in [0.2, 0.25) is 0 Å². The van der Waals surface area contributed by atoms with Crippen LogP contribution in [-0.4, -0.2) is 34.6 Å². The van der Waals surface area contributed by atoms with E-state index in [-0.39, 0.29) is 12.2 Å². The average Bonchev–Trinajstić information content (AvgIpc) is 2.36. The van der Waals surface area contributed by atoms with E-state index in [0.29, 0.717) is 12.3 Å². The fourth-order valence-electron chi connectivity index (χ4n) is 1.63. The molecule has 1 unspecified atom stereocenters.